The Kier molecular flexibility index (Phi) is 8.73. The monoisotopic (exact) mass is 376 g/mol. The van der Waals surface area contributed by atoms with E-state index in [1.165, 1.54) is 0 Å². The summed E-state index contributed by atoms with van der Waals surface area (Å²) in [6, 6.07) is 0. The van der Waals surface area contributed by atoms with Crippen LogP contribution in [-0.4, -0.2) is 67.6 Å². The Hall–Kier alpha value is -0.283. The minimum absolute atomic E-state index is 0.0340. The Balaban J connectivity index is 2.62. The molecule has 1 heterocycles. The van der Waals surface area contributed by atoms with Crippen molar-refractivity contribution in [2.75, 3.05) is 13.2 Å². The van der Waals surface area contributed by atoms with Crippen LogP contribution in [0.4, 0.5) is 0 Å². The second-order valence-electron chi connectivity index (χ2n) is 8.13. The van der Waals surface area contributed by atoms with E-state index in [4.69, 9.17) is 13.9 Å². The quantitative estimate of drug-likeness (QED) is 0.342. The second-order valence-corrected chi connectivity index (χ2v) is 12.9. The standard InChI is InChI=1S/C18H36O6Si/c1-7-8-9-10-11-22-17-16(21)15(20)14(19)13(24-17)12-23-25(5,6)18(2,3)4/h8-9,13-17,19-21H,7,10-12H2,1-6H3/b9-8-/t13-,14-,15+,16-,17-/m1/s1. The second kappa shape index (κ2) is 9.59. The van der Waals surface area contributed by atoms with E-state index in [-0.39, 0.29) is 11.6 Å². The molecule has 0 unspecified atom stereocenters. The lowest BCUT2D eigenvalue weighted by Gasteiger charge is -2.42. The van der Waals surface area contributed by atoms with Gasteiger partial charge in [0.1, 0.15) is 24.4 Å². The van der Waals surface area contributed by atoms with Crippen molar-refractivity contribution in [3.05, 3.63) is 12.2 Å². The summed E-state index contributed by atoms with van der Waals surface area (Å²) in [4.78, 5) is 0. The van der Waals surface area contributed by atoms with Crippen molar-refractivity contribution in [3.63, 3.8) is 0 Å². The number of aliphatic hydroxyl groups is 3. The van der Waals surface area contributed by atoms with Crippen LogP contribution < -0.4 is 0 Å². The third kappa shape index (κ3) is 6.43. The van der Waals surface area contributed by atoms with Gasteiger partial charge in [-0.3, -0.25) is 0 Å². The maximum Gasteiger partial charge on any atom is 0.192 e. The minimum Gasteiger partial charge on any atom is -0.414 e. The van der Waals surface area contributed by atoms with Gasteiger partial charge < -0.3 is 29.2 Å². The lowest BCUT2D eigenvalue weighted by Crippen LogP contribution is -2.60. The highest BCUT2D eigenvalue weighted by atomic mass is 28.4. The van der Waals surface area contributed by atoms with Crippen LogP contribution in [0.15, 0.2) is 12.2 Å². The van der Waals surface area contributed by atoms with Crippen LogP contribution in [-0.2, 0) is 13.9 Å². The number of hydrogen-bond acceptors (Lipinski definition) is 6. The summed E-state index contributed by atoms with van der Waals surface area (Å²) >= 11 is 0. The van der Waals surface area contributed by atoms with Crippen LogP contribution in [0.5, 0.6) is 0 Å². The van der Waals surface area contributed by atoms with Crippen molar-refractivity contribution in [3.8, 4) is 0 Å². The normalized spacial score (nSPS) is 31.6. The maximum atomic E-state index is 10.2. The third-order valence-electron chi connectivity index (χ3n) is 5.05. The van der Waals surface area contributed by atoms with E-state index in [0.717, 1.165) is 6.42 Å². The van der Waals surface area contributed by atoms with Gasteiger partial charge in [-0.1, -0.05) is 39.8 Å². The number of hydrogen-bond donors (Lipinski definition) is 3. The van der Waals surface area contributed by atoms with Gasteiger partial charge in [0.25, 0.3) is 0 Å². The molecular formula is C18H36O6Si. The van der Waals surface area contributed by atoms with Crippen LogP contribution in [0.1, 0.15) is 40.5 Å². The van der Waals surface area contributed by atoms with E-state index in [1.54, 1.807) is 0 Å². The van der Waals surface area contributed by atoms with Crippen LogP contribution in [0, 0.1) is 0 Å². The van der Waals surface area contributed by atoms with Gasteiger partial charge in [0.2, 0.25) is 0 Å². The predicted molar refractivity (Wildman–Crippen MR) is 99.8 cm³/mol. The Morgan fingerprint density at radius 2 is 1.68 bits per heavy atom. The molecule has 0 aromatic rings. The first kappa shape index (κ1) is 22.8. The smallest absolute Gasteiger partial charge is 0.192 e. The maximum absolute atomic E-state index is 10.2. The van der Waals surface area contributed by atoms with E-state index in [1.807, 2.05) is 12.2 Å². The zero-order valence-corrected chi connectivity index (χ0v) is 17.4. The number of ether oxygens (including phenoxy) is 2. The van der Waals surface area contributed by atoms with Crippen molar-refractivity contribution in [1.82, 2.24) is 0 Å². The molecule has 148 valence electrons. The highest BCUT2D eigenvalue weighted by Gasteiger charge is 2.46. The molecule has 1 aliphatic rings. The summed E-state index contributed by atoms with van der Waals surface area (Å²) in [5, 5.41) is 30.4. The van der Waals surface area contributed by atoms with E-state index < -0.39 is 39.0 Å². The van der Waals surface area contributed by atoms with Crippen molar-refractivity contribution < 1.29 is 29.2 Å². The topological polar surface area (TPSA) is 88.4 Å². The van der Waals surface area contributed by atoms with Gasteiger partial charge in [-0.15, -0.1) is 0 Å². The first-order chi connectivity index (χ1) is 11.5. The van der Waals surface area contributed by atoms with Gasteiger partial charge in [-0.2, -0.15) is 0 Å². The van der Waals surface area contributed by atoms with Crippen LogP contribution in [0.25, 0.3) is 0 Å². The van der Waals surface area contributed by atoms with E-state index in [0.29, 0.717) is 13.0 Å². The molecule has 1 rings (SSSR count). The summed E-state index contributed by atoms with van der Waals surface area (Å²) in [6.45, 7) is 13.2. The molecule has 0 radical (unpaired) electrons. The molecule has 7 heteroatoms. The Bertz CT molecular complexity index is 420. The Morgan fingerprint density at radius 3 is 2.24 bits per heavy atom. The number of aliphatic hydroxyl groups excluding tert-OH is 3. The molecule has 0 saturated carbocycles. The average Bonchev–Trinajstić information content (AvgIpc) is 2.52. The predicted octanol–water partition coefficient (Wildman–Crippen LogP) is 2.19. The van der Waals surface area contributed by atoms with Gasteiger partial charge in [0, 0.05) is 0 Å². The Morgan fingerprint density at radius 1 is 1.04 bits per heavy atom. The average molecular weight is 377 g/mol. The summed E-state index contributed by atoms with van der Waals surface area (Å²) < 4.78 is 17.3. The zero-order valence-electron chi connectivity index (χ0n) is 16.4. The highest BCUT2D eigenvalue weighted by molar-refractivity contribution is 6.74. The molecule has 25 heavy (non-hydrogen) atoms. The fraction of sp³-hybridized carbons (Fsp3) is 0.889. The highest BCUT2D eigenvalue weighted by Crippen LogP contribution is 2.37. The summed E-state index contributed by atoms with van der Waals surface area (Å²) in [5.74, 6) is 0. The van der Waals surface area contributed by atoms with E-state index >= 15 is 0 Å². The lowest BCUT2D eigenvalue weighted by atomic mass is 9.99. The van der Waals surface area contributed by atoms with Crippen LogP contribution in [0.3, 0.4) is 0 Å². The number of rotatable bonds is 8. The molecule has 1 aliphatic heterocycles. The fourth-order valence-electron chi connectivity index (χ4n) is 2.24. The van der Waals surface area contributed by atoms with Crippen molar-refractivity contribution >= 4 is 8.32 Å². The molecule has 0 aromatic heterocycles. The molecule has 5 atom stereocenters. The minimum atomic E-state index is -2.01. The summed E-state index contributed by atoms with van der Waals surface area (Å²) in [7, 11) is -2.01. The molecule has 1 saturated heterocycles. The third-order valence-corrected chi connectivity index (χ3v) is 9.55. The Labute approximate surface area is 152 Å². The van der Waals surface area contributed by atoms with Gasteiger partial charge >= 0.3 is 0 Å². The molecular weight excluding hydrogens is 340 g/mol. The molecule has 3 N–H and O–H groups in total. The van der Waals surface area contributed by atoms with Gasteiger partial charge in [-0.05, 0) is 31.0 Å². The molecule has 0 spiro atoms. The largest absolute Gasteiger partial charge is 0.414 e. The zero-order chi connectivity index (χ0) is 19.3. The van der Waals surface area contributed by atoms with Crippen molar-refractivity contribution in [2.24, 2.45) is 0 Å². The van der Waals surface area contributed by atoms with Crippen molar-refractivity contribution in [1.29, 1.82) is 0 Å². The fourth-order valence-corrected chi connectivity index (χ4v) is 3.25. The molecule has 1 fully saturated rings. The molecule has 0 amide bonds. The SMILES string of the molecule is CC/C=C\CCO[C@@H]1O[C@H](CO[Si](C)(C)C(C)(C)C)[C@@H](O)[C@H](O)[C@H]1O. The molecule has 0 aromatic carbocycles. The first-order valence-electron chi connectivity index (χ1n) is 9.11. The van der Waals surface area contributed by atoms with Gasteiger partial charge in [0.05, 0.1) is 13.2 Å². The van der Waals surface area contributed by atoms with Gasteiger partial charge in [-0.25, -0.2) is 0 Å². The van der Waals surface area contributed by atoms with Gasteiger partial charge in [0.15, 0.2) is 14.6 Å². The summed E-state index contributed by atoms with van der Waals surface area (Å²) in [6.07, 6.45) is 0.177. The van der Waals surface area contributed by atoms with Crippen LogP contribution in [0.2, 0.25) is 18.1 Å². The van der Waals surface area contributed by atoms with Crippen LogP contribution >= 0.6 is 0 Å². The molecule has 0 aliphatic carbocycles. The van der Waals surface area contributed by atoms with E-state index in [9.17, 15) is 15.3 Å². The first-order valence-corrected chi connectivity index (χ1v) is 12.0. The molecule has 0 bridgehead atoms. The molecule has 6 nitrogen and oxygen atoms in total. The van der Waals surface area contributed by atoms with Crippen molar-refractivity contribution in [2.45, 2.75) is 89.4 Å². The summed E-state index contributed by atoms with van der Waals surface area (Å²) in [5.41, 5.74) is 0. The number of allylic oxidation sites excluding steroid dienone is 1. The lowest BCUT2D eigenvalue weighted by molar-refractivity contribution is -0.300. The van der Waals surface area contributed by atoms with E-state index in [2.05, 4.69) is 40.8 Å².